The lowest BCUT2D eigenvalue weighted by atomic mass is 9.89. The third-order valence-corrected chi connectivity index (χ3v) is 11.4. The summed E-state index contributed by atoms with van der Waals surface area (Å²) in [6, 6.07) is 12.9. The van der Waals surface area contributed by atoms with Gasteiger partial charge >= 0.3 is 0 Å². The van der Waals surface area contributed by atoms with Crippen molar-refractivity contribution in [1.82, 2.24) is 19.9 Å². The maximum atomic E-state index is 14.6. The molecule has 4 N–H and O–H groups in total. The topological polar surface area (TPSA) is 150 Å². The van der Waals surface area contributed by atoms with Crippen LogP contribution < -0.4 is 0 Å². The van der Waals surface area contributed by atoms with Gasteiger partial charge < -0.3 is 34.8 Å². The monoisotopic (exact) mass is 720 g/mol. The number of thiophene rings is 1. The highest BCUT2D eigenvalue weighted by molar-refractivity contribution is 8.01. The molecule has 2 aliphatic rings. The van der Waals surface area contributed by atoms with E-state index in [4.69, 9.17) is 9.47 Å². The molecule has 0 radical (unpaired) electrons. The van der Waals surface area contributed by atoms with E-state index >= 15 is 0 Å². The van der Waals surface area contributed by atoms with Crippen LogP contribution in [0, 0.1) is 17.5 Å². The Balaban J connectivity index is 1.33. The van der Waals surface area contributed by atoms with E-state index in [0.717, 1.165) is 39.0 Å². The summed E-state index contributed by atoms with van der Waals surface area (Å²) in [5.74, 6) is -4.97. The van der Waals surface area contributed by atoms with Crippen LogP contribution in [-0.4, -0.2) is 108 Å². The molecule has 7 atom stereocenters. The van der Waals surface area contributed by atoms with E-state index in [2.05, 4.69) is 10.3 Å². The van der Waals surface area contributed by atoms with Gasteiger partial charge in [0.25, 0.3) is 0 Å². The van der Waals surface area contributed by atoms with Crippen molar-refractivity contribution in [2.45, 2.75) is 59.5 Å². The van der Waals surface area contributed by atoms with E-state index in [1.54, 1.807) is 11.9 Å². The lowest BCUT2D eigenvalue weighted by Gasteiger charge is -2.46. The van der Waals surface area contributed by atoms with Crippen LogP contribution in [-0.2, 0) is 14.3 Å². The second kappa shape index (κ2) is 14.9. The van der Waals surface area contributed by atoms with Crippen LogP contribution in [0.25, 0.3) is 11.3 Å². The quantitative estimate of drug-likeness (QED) is 0.180. The Morgan fingerprint density at radius 2 is 1.80 bits per heavy atom. The van der Waals surface area contributed by atoms with Gasteiger partial charge in [-0.1, -0.05) is 41.6 Å². The highest BCUT2D eigenvalue weighted by atomic mass is 32.2. The van der Waals surface area contributed by atoms with E-state index in [-0.39, 0.29) is 37.3 Å². The van der Waals surface area contributed by atoms with Crippen LogP contribution in [0.5, 0.6) is 0 Å². The molecule has 2 aromatic carbocycles. The summed E-state index contributed by atoms with van der Waals surface area (Å²) in [6.45, 7) is -0.292. The number of benzene rings is 2. The molecule has 2 fully saturated rings. The molecule has 2 unspecified atom stereocenters. The van der Waals surface area contributed by atoms with Gasteiger partial charge in [-0.2, -0.15) is 0 Å². The number of aromatic nitrogens is 3. The number of hydrogen-bond donors (Lipinski definition) is 4. The number of rotatable bonds is 10. The first-order valence-electron chi connectivity index (χ1n) is 15.5. The van der Waals surface area contributed by atoms with Crippen LogP contribution in [0.1, 0.15) is 35.4 Å². The summed E-state index contributed by atoms with van der Waals surface area (Å²) in [5, 5.41) is 53.6. The van der Waals surface area contributed by atoms with E-state index in [1.807, 2.05) is 47.8 Å². The molecule has 2 saturated heterocycles. The fourth-order valence-corrected chi connectivity index (χ4v) is 8.72. The molecule has 11 nitrogen and oxygen atoms in total. The first-order chi connectivity index (χ1) is 23.5. The summed E-state index contributed by atoms with van der Waals surface area (Å²) in [4.78, 5) is 17.1. The van der Waals surface area contributed by atoms with Gasteiger partial charge in [0, 0.05) is 43.5 Å². The van der Waals surface area contributed by atoms with Gasteiger partial charge in [-0.15, -0.1) is 28.2 Å². The van der Waals surface area contributed by atoms with E-state index < -0.39 is 76.6 Å². The molecule has 4 aromatic rings. The molecule has 262 valence electrons. The number of amides is 1. The second-order valence-electron chi connectivity index (χ2n) is 12.0. The minimum absolute atomic E-state index is 0.0832. The van der Waals surface area contributed by atoms with E-state index in [9.17, 15) is 38.4 Å². The van der Waals surface area contributed by atoms with E-state index in [0.29, 0.717) is 0 Å². The Kier molecular flexibility index (Phi) is 10.8. The number of thioether (sulfide) groups is 1. The highest BCUT2D eigenvalue weighted by Crippen LogP contribution is 2.43. The first kappa shape index (κ1) is 35.5. The molecule has 49 heavy (non-hydrogen) atoms. The normalized spacial score (nSPS) is 25.1. The molecule has 0 bridgehead atoms. The third-order valence-electron chi connectivity index (χ3n) is 8.95. The van der Waals surface area contributed by atoms with Crippen molar-refractivity contribution in [2.24, 2.45) is 0 Å². The summed E-state index contributed by atoms with van der Waals surface area (Å²) < 4.78 is 54.0. The number of nitrogens with zero attached hydrogens (tertiary/aromatic N) is 4. The molecule has 2 aromatic heterocycles. The van der Waals surface area contributed by atoms with Gasteiger partial charge in [-0.05, 0) is 29.1 Å². The smallest absolute Gasteiger partial charge is 0.239 e. The molecular formula is C33H35F3N4O7S2. The number of carbonyl (C=O) groups is 1. The maximum Gasteiger partial charge on any atom is 0.239 e. The van der Waals surface area contributed by atoms with Crippen LogP contribution >= 0.6 is 23.1 Å². The third kappa shape index (κ3) is 7.14. The summed E-state index contributed by atoms with van der Waals surface area (Å²) in [7, 11) is 1.65. The van der Waals surface area contributed by atoms with Crippen molar-refractivity contribution in [3.8, 4) is 11.3 Å². The second-order valence-corrected chi connectivity index (χ2v) is 14.2. The first-order valence-corrected chi connectivity index (χ1v) is 17.3. The minimum Gasteiger partial charge on any atom is -0.394 e. The largest absolute Gasteiger partial charge is 0.394 e. The van der Waals surface area contributed by atoms with Crippen LogP contribution in [0.15, 0.2) is 66.2 Å². The number of halogens is 3. The number of hydrogen-bond acceptors (Lipinski definition) is 11. The van der Waals surface area contributed by atoms with Crippen molar-refractivity contribution < 1.29 is 47.9 Å². The number of aliphatic hydroxyl groups excluding tert-OH is 3. The molecule has 1 amide bonds. The van der Waals surface area contributed by atoms with Crippen LogP contribution in [0.3, 0.4) is 0 Å². The van der Waals surface area contributed by atoms with Gasteiger partial charge in [-0.25, -0.2) is 17.9 Å². The highest BCUT2D eigenvalue weighted by Gasteiger charge is 2.52. The van der Waals surface area contributed by atoms with Crippen molar-refractivity contribution >= 4 is 29.0 Å². The number of carbonyl (C=O) groups excluding carboxylic acids is 1. The Labute approximate surface area is 287 Å². The molecule has 16 heteroatoms. The van der Waals surface area contributed by atoms with Crippen molar-refractivity contribution in [1.29, 1.82) is 0 Å². The average molecular weight is 721 g/mol. The average Bonchev–Trinajstić information content (AvgIpc) is 3.81. The Hall–Kier alpha value is -3.35. The van der Waals surface area contributed by atoms with E-state index in [1.165, 1.54) is 17.5 Å². The molecule has 0 saturated carbocycles. The van der Waals surface area contributed by atoms with Gasteiger partial charge in [-0.3, -0.25) is 4.79 Å². The van der Waals surface area contributed by atoms with Crippen LogP contribution in [0.2, 0.25) is 0 Å². The van der Waals surface area contributed by atoms with Gasteiger partial charge in [0.05, 0.1) is 24.4 Å². The zero-order chi connectivity index (χ0) is 34.9. The predicted molar refractivity (Wildman–Crippen MR) is 174 cm³/mol. The maximum absolute atomic E-state index is 14.6. The molecule has 0 spiro atoms. The summed E-state index contributed by atoms with van der Waals surface area (Å²) in [6.07, 6.45) is -2.95. The number of ether oxygens (including phenoxy) is 2. The molecule has 2 aliphatic heterocycles. The lowest BCUT2D eigenvalue weighted by Crippen LogP contribution is -2.58. The zero-order valence-corrected chi connectivity index (χ0v) is 27.8. The van der Waals surface area contributed by atoms with Gasteiger partial charge in [0.15, 0.2) is 17.5 Å². The Morgan fingerprint density at radius 3 is 2.43 bits per heavy atom. The van der Waals surface area contributed by atoms with Crippen molar-refractivity contribution in [2.75, 3.05) is 26.9 Å². The lowest BCUT2D eigenvalue weighted by molar-refractivity contribution is -0.179. The number of aliphatic hydroxyl groups is 4. The van der Waals surface area contributed by atoms with Gasteiger partial charge in [0.2, 0.25) is 5.91 Å². The molecule has 4 heterocycles. The van der Waals surface area contributed by atoms with Gasteiger partial charge in [0.1, 0.15) is 40.7 Å². The Morgan fingerprint density at radius 1 is 1.10 bits per heavy atom. The summed E-state index contributed by atoms with van der Waals surface area (Å²) >= 11 is 2.34. The van der Waals surface area contributed by atoms with Crippen molar-refractivity contribution in [3.05, 3.63) is 94.1 Å². The SMILES string of the molecule is CN(C(=O)C(S[C@@H]1O[C@H](CO)[C@H](O)[C@H](n2cc(-c3cc(F)c(F)c(F)c3)nn2)[C@H]1O)C1(O)CCOCC1)C(c1ccccc1)c1cccs1. The molecular weight excluding hydrogens is 686 g/mol. The fraction of sp³-hybridized carbons (Fsp3) is 0.424. The zero-order valence-electron chi connectivity index (χ0n) is 26.2. The molecule has 0 aliphatic carbocycles. The minimum atomic E-state index is -1.65. The Bertz CT molecular complexity index is 1710. The molecule has 6 rings (SSSR count). The standard InChI is InChI=1S/C33H35F3N4O7S2/c1-39(26(24-8-5-13-48-24)18-6-3-2-4-7-18)31(44)30(33(45)9-11-46-12-10-33)49-32-29(43)27(28(42)23(17-41)47-32)40-16-22(37-38-40)19-14-20(34)25(36)21(35)15-19/h2-8,13-16,23,26-30,32,41-43,45H,9-12,17H2,1H3/t23-,26?,27+,28+,29-,30?,32+/m1/s1. The van der Waals surface area contributed by atoms with Crippen molar-refractivity contribution in [3.63, 3.8) is 0 Å². The van der Waals surface area contributed by atoms with Crippen LogP contribution in [0.4, 0.5) is 13.2 Å². The predicted octanol–water partition coefficient (Wildman–Crippen LogP) is 3.30. The summed E-state index contributed by atoms with van der Waals surface area (Å²) in [5.41, 5.74) is -2.24. The fourth-order valence-electron chi connectivity index (χ4n) is 6.26.